The van der Waals surface area contributed by atoms with Crippen LogP contribution in [0.15, 0.2) is 47.0 Å². The van der Waals surface area contributed by atoms with Crippen molar-refractivity contribution in [3.63, 3.8) is 0 Å². The number of carbonyl (C=O) groups is 1. The Morgan fingerprint density at radius 3 is 2.77 bits per heavy atom. The number of hydrogen-bond acceptors (Lipinski definition) is 3. The molecule has 0 aliphatic heterocycles. The van der Waals surface area contributed by atoms with Gasteiger partial charge in [0.1, 0.15) is 5.82 Å². The molecule has 134 valence electrons. The Labute approximate surface area is 156 Å². The average Bonchev–Trinajstić information content (AvgIpc) is 3.05. The number of oxazole rings is 1. The van der Waals surface area contributed by atoms with Gasteiger partial charge in [0.05, 0.1) is 22.5 Å². The third kappa shape index (κ3) is 4.11. The molecule has 1 aromatic heterocycles. The van der Waals surface area contributed by atoms with Gasteiger partial charge in [0.25, 0.3) is 0 Å². The third-order valence-corrected chi connectivity index (χ3v) is 4.25. The van der Waals surface area contributed by atoms with E-state index in [2.05, 4.69) is 10.3 Å². The lowest BCUT2D eigenvalue weighted by atomic mass is 10.1. The van der Waals surface area contributed by atoms with E-state index in [-0.39, 0.29) is 18.1 Å². The molecule has 1 N–H and O–H groups in total. The maximum absolute atomic E-state index is 13.8. The fraction of sp³-hybridized carbons (Fsp3) is 0.200. The highest BCUT2D eigenvalue weighted by molar-refractivity contribution is 6.34. The van der Waals surface area contributed by atoms with Crippen LogP contribution in [-0.2, 0) is 11.2 Å². The fourth-order valence-electron chi connectivity index (χ4n) is 2.71. The molecule has 0 fully saturated rings. The molecule has 2 aromatic carbocycles. The van der Waals surface area contributed by atoms with Crippen LogP contribution in [0.25, 0.3) is 11.3 Å². The zero-order chi connectivity index (χ0) is 18.7. The van der Waals surface area contributed by atoms with Gasteiger partial charge >= 0.3 is 0 Å². The van der Waals surface area contributed by atoms with Crippen LogP contribution < -0.4 is 5.32 Å². The second-order valence-electron chi connectivity index (χ2n) is 6.08. The topological polar surface area (TPSA) is 55.1 Å². The van der Waals surface area contributed by atoms with Crippen molar-refractivity contribution in [3.8, 4) is 11.3 Å². The first-order valence-electron chi connectivity index (χ1n) is 8.20. The molecule has 4 nitrogen and oxygen atoms in total. The second-order valence-corrected chi connectivity index (χ2v) is 6.49. The van der Waals surface area contributed by atoms with Crippen molar-refractivity contribution in [1.82, 2.24) is 4.98 Å². The molecule has 26 heavy (non-hydrogen) atoms. The Morgan fingerprint density at radius 2 is 2.04 bits per heavy atom. The predicted molar refractivity (Wildman–Crippen MR) is 99.8 cm³/mol. The smallest absolute Gasteiger partial charge is 0.224 e. The Balaban J connectivity index is 1.63. The van der Waals surface area contributed by atoms with Crippen LogP contribution in [-0.4, -0.2) is 10.9 Å². The number of carbonyl (C=O) groups excluding carboxylic acids is 1. The first-order valence-corrected chi connectivity index (χ1v) is 8.58. The number of aromatic nitrogens is 1. The first-order chi connectivity index (χ1) is 12.4. The number of hydrogen-bond donors (Lipinski definition) is 1. The van der Waals surface area contributed by atoms with Crippen molar-refractivity contribution in [1.29, 1.82) is 0 Å². The van der Waals surface area contributed by atoms with Gasteiger partial charge in [-0.2, -0.15) is 0 Å². The summed E-state index contributed by atoms with van der Waals surface area (Å²) in [6.07, 6.45) is 1.95. The van der Waals surface area contributed by atoms with Gasteiger partial charge in [0.15, 0.2) is 11.7 Å². The zero-order valence-corrected chi connectivity index (χ0v) is 15.2. The minimum absolute atomic E-state index is 0.181. The number of amides is 1. The fourth-order valence-corrected chi connectivity index (χ4v) is 3.08. The molecule has 3 aromatic rings. The molecule has 0 atom stereocenters. The molecule has 0 aliphatic carbocycles. The number of nitrogens with one attached hydrogen (secondary N) is 1. The van der Waals surface area contributed by atoms with E-state index < -0.39 is 0 Å². The summed E-state index contributed by atoms with van der Waals surface area (Å²) in [6, 6.07) is 10.1. The summed E-state index contributed by atoms with van der Waals surface area (Å²) in [6.45, 7) is 3.84. The molecular formula is C20H18ClFN2O2. The molecule has 6 heteroatoms. The van der Waals surface area contributed by atoms with Crippen molar-refractivity contribution in [2.24, 2.45) is 0 Å². The Kier molecular flexibility index (Phi) is 5.38. The van der Waals surface area contributed by atoms with Crippen LogP contribution in [0.5, 0.6) is 0 Å². The highest BCUT2D eigenvalue weighted by Gasteiger charge is 2.13. The first kappa shape index (κ1) is 18.1. The van der Waals surface area contributed by atoms with Crippen molar-refractivity contribution < 1.29 is 13.6 Å². The molecule has 1 heterocycles. The van der Waals surface area contributed by atoms with Gasteiger partial charge in [0, 0.05) is 12.8 Å². The van der Waals surface area contributed by atoms with E-state index >= 15 is 0 Å². The minimum atomic E-state index is -0.377. The summed E-state index contributed by atoms with van der Waals surface area (Å²) in [4.78, 5) is 16.3. The van der Waals surface area contributed by atoms with Crippen molar-refractivity contribution in [2.75, 3.05) is 5.32 Å². The van der Waals surface area contributed by atoms with Crippen LogP contribution in [0.4, 0.5) is 10.1 Å². The molecule has 0 bridgehead atoms. The molecular weight excluding hydrogens is 355 g/mol. The van der Waals surface area contributed by atoms with Gasteiger partial charge in [-0.05, 0) is 43.2 Å². The summed E-state index contributed by atoms with van der Waals surface area (Å²) < 4.78 is 19.3. The molecule has 0 spiro atoms. The number of nitrogens with zero attached hydrogens (tertiary/aromatic N) is 1. The van der Waals surface area contributed by atoms with Crippen LogP contribution in [0.1, 0.15) is 23.4 Å². The summed E-state index contributed by atoms with van der Waals surface area (Å²) in [7, 11) is 0. The minimum Gasteiger partial charge on any atom is -0.441 e. The average molecular weight is 373 g/mol. The van der Waals surface area contributed by atoms with Gasteiger partial charge < -0.3 is 9.73 Å². The summed E-state index contributed by atoms with van der Waals surface area (Å²) in [5, 5.41) is 3.33. The van der Waals surface area contributed by atoms with E-state index in [0.717, 1.165) is 11.1 Å². The van der Waals surface area contributed by atoms with Gasteiger partial charge in [0.2, 0.25) is 5.91 Å². The predicted octanol–water partition coefficient (Wildman–Crippen LogP) is 5.32. The van der Waals surface area contributed by atoms with Crippen molar-refractivity contribution in [2.45, 2.75) is 26.7 Å². The van der Waals surface area contributed by atoms with E-state index in [1.165, 1.54) is 12.3 Å². The number of halogens is 2. The second kappa shape index (κ2) is 7.70. The molecule has 0 aliphatic rings. The molecule has 0 radical (unpaired) electrons. The van der Waals surface area contributed by atoms with Crippen molar-refractivity contribution in [3.05, 3.63) is 70.5 Å². The number of rotatable bonds is 5. The molecule has 3 rings (SSSR count). The highest BCUT2D eigenvalue weighted by Crippen LogP contribution is 2.28. The quantitative estimate of drug-likeness (QED) is 0.659. The van der Waals surface area contributed by atoms with Crippen LogP contribution in [0.2, 0.25) is 5.02 Å². The van der Waals surface area contributed by atoms with E-state index in [9.17, 15) is 9.18 Å². The zero-order valence-electron chi connectivity index (χ0n) is 14.5. The number of anilines is 1. The Hall–Kier alpha value is -2.66. The van der Waals surface area contributed by atoms with E-state index in [0.29, 0.717) is 34.3 Å². The maximum atomic E-state index is 13.8. The van der Waals surface area contributed by atoms with Gasteiger partial charge in [-0.3, -0.25) is 4.79 Å². The number of aryl methyl sites for hydroxylation is 3. The standard InChI is InChI=1S/C20H18ClFN2O2/c1-12-9-13(2)20(15(21)10-12)24-18(25)7-8-19-23-11-17(26-19)14-5-3-4-6-16(14)22/h3-6,9-11H,7-8H2,1-2H3,(H,24,25). The Bertz CT molecular complexity index is 929. The highest BCUT2D eigenvalue weighted by atomic mass is 35.5. The van der Waals surface area contributed by atoms with Gasteiger partial charge in [-0.15, -0.1) is 0 Å². The van der Waals surface area contributed by atoms with Gasteiger partial charge in [-0.25, -0.2) is 9.37 Å². The third-order valence-electron chi connectivity index (χ3n) is 3.95. The lowest BCUT2D eigenvalue weighted by Crippen LogP contribution is -2.13. The number of benzene rings is 2. The van der Waals surface area contributed by atoms with Crippen molar-refractivity contribution >= 4 is 23.2 Å². The SMILES string of the molecule is Cc1cc(C)c(NC(=O)CCc2ncc(-c3ccccc3F)o2)c(Cl)c1. The van der Waals surface area contributed by atoms with E-state index in [1.807, 2.05) is 19.9 Å². The largest absolute Gasteiger partial charge is 0.441 e. The molecule has 0 saturated carbocycles. The summed E-state index contributed by atoms with van der Waals surface area (Å²) >= 11 is 6.20. The lowest BCUT2D eigenvalue weighted by Gasteiger charge is -2.11. The Morgan fingerprint density at radius 1 is 1.27 bits per heavy atom. The monoisotopic (exact) mass is 372 g/mol. The maximum Gasteiger partial charge on any atom is 0.224 e. The van der Waals surface area contributed by atoms with Crippen LogP contribution in [0, 0.1) is 19.7 Å². The molecule has 0 unspecified atom stereocenters. The molecule has 0 saturated heterocycles. The van der Waals surface area contributed by atoms with Gasteiger partial charge in [-0.1, -0.05) is 29.8 Å². The normalized spacial score (nSPS) is 10.8. The summed E-state index contributed by atoms with van der Waals surface area (Å²) in [5.41, 5.74) is 2.90. The van der Waals surface area contributed by atoms with E-state index in [1.54, 1.807) is 24.3 Å². The summed E-state index contributed by atoms with van der Waals surface area (Å²) in [5.74, 6) is 0.156. The lowest BCUT2D eigenvalue weighted by molar-refractivity contribution is -0.116. The molecule has 1 amide bonds. The van der Waals surface area contributed by atoms with Crippen LogP contribution in [0.3, 0.4) is 0 Å². The van der Waals surface area contributed by atoms with E-state index in [4.69, 9.17) is 16.0 Å². The van der Waals surface area contributed by atoms with Crippen LogP contribution >= 0.6 is 11.6 Å².